The lowest BCUT2D eigenvalue weighted by atomic mass is 9.98. The summed E-state index contributed by atoms with van der Waals surface area (Å²) in [6.07, 6.45) is 0.820. The van der Waals surface area contributed by atoms with E-state index in [2.05, 4.69) is 15.6 Å². The first-order valence-corrected chi connectivity index (χ1v) is 7.88. The molecule has 0 fully saturated rings. The maximum Gasteiger partial charge on any atom is 0.408 e. The normalized spacial score (nSPS) is 15.1. The van der Waals surface area contributed by atoms with Gasteiger partial charge < -0.3 is 15.4 Å². The Labute approximate surface area is 138 Å². The van der Waals surface area contributed by atoms with Crippen LogP contribution in [0, 0.1) is 11.8 Å². The van der Waals surface area contributed by atoms with Gasteiger partial charge in [-0.3, -0.25) is 4.79 Å². The third kappa shape index (κ3) is 8.35. The lowest BCUT2D eigenvalue weighted by Gasteiger charge is -2.27. The second-order valence-corrected chi connectivity index (χ2v) is 6.93. The van der Waals surface area contributed by atoms with Crippen molar-refractivity contribution in [1.29, 1.82) is 0 Å². The lowest BCUT2D eigenvalue weighted by Crippen LogP contribution is -2.53. The molecule has 0 saturated heterocycles. The highest BCUT2D eigenvalue weighted by Crippen LogP contribution is 2.12. The van der Waals surface area contributed by atoms with E-state index in [1.807, 2.05) is 27.7 Å². The summed E-state index contributed by atoms with van der Waals surface area (Å²) in [6, 6.07) is -0.766. The number of hydrogen-bond acceptors (Lipinski definition) is 5. The average Bonchev–Trinajstić information content (AvgIpc) is 2.41. The minimum absolute atomic E-state index is 0.0699. The quantitative estimate of drug-likeness (QED) is 0.554. The van der Waals surface area contributed by atoms with Crippen LogP contribution in [0.3, 0.4) is 0 Å². The number of nitrogens with zero attached hydrogens (tertiary/aromatic N) is 1. The van der Waals surface area contributed by atoms with E-state index >= 15 is 0 Å². The molecule has 0 aliphatic rings. The predicted octanol–water partition coefficient (Wildman–Crippen LogP) is 2.36. The molecule has 0 aliphatic carbocycles. The summed E-state index contributed by atoms with van der Waals surface area (Å²) in [5, 5.41) is 5.26. The molecule has 23 heavy (non-hydrogen) atoms. The van der Waals surface area contributed by atoms with E-state index in [1.165, 1.54) is 6.08 Å². The summed E-state index contributed by atoms with van der Waals surface area (Å²) in [5.41, 5.74) is -0.650. The van der Waals surface area contributed by atoms with Crippen LogP contribution in [-0.4, -0.2) is 35.9 Å². The molecule has 7 nitrogen and oxygen atoms in total. The zero-order valence-electron chi connectivity index (χ0n) is 15.1. The third-order valence-electron chi connectivity index (χ3n) is 3.28. The second kappa shape index (κ2) is 9.30. The highest BCUT2D eigenvalue weighted by Gasteiger charge is 2.30. The van der Waals surface area contributed by atoms with Crippen LogP contribution < -0.4 is 10.6 Å². The van der Waals surface area contributed by atoms with Crippen molar-refractivity contribution >= 4 is 18.1 Å². The summed E-state index contributed by atoms with van der Waals surface area (Å²) in [4.78, 5) is 38.5. The number of isocyanates is 1. The van der Waals surface area contributed by atoms with Crippen molar-refractivity contribution in [3.8, 4) is 0 Å². The van der Waals surface area contributed by atoms with E-state index in [1.54, 1.807) is 20.8 Å². The molecule has 0 aromatic carbocycles. The first kappa shape index (κ1) is 21.1. The fraction of sp³-hybridized carbons (Fsp3) is 0.812. The molecule has 0 spiro atoms. The summed E-state index contributed by atoms with van der Waals surface area (Å²) in [6.45, 7) is 12.7. The van der Waals surface area contributed by atoms with Gasteiger partial charge in [0.1, 0.15) is 17.8 Å². The van der Waals surface area contributed by atoms with Gasteiger partial charge in [-0.05, 0) is 32.6 Å². The molecule has 3 atom stereocenters. The zero-order chi connectivity index (χ0) is 18.2. The van der Waals surface area contributed by atoms with E-state index in [9.17, 15) is 14.4 Å². The molecule has 132 valence electrons. The zero-order valence-corrected chi connectivity index (χ0v) is 15.1. The largest absolute Gasteiger partial charge is 0.444 e. The molecule has 0 heterocycles. The topological polar surface area (TPSA) is 96.9 Å². The number of nitrogens with one attached hydrogen (secondary N) is 2. The molecule has 7 heteroatoms. The Morgan fingerprint density at radius 1 is 1.17 bits per heavy atom. The van der Waals surface area contributed by atoms with Crippen LogP contribution >= 0.6 is 0 Å². The van der Waals surface area contributed by atoms with Crippen molar-refractivity contribution in [3.63, 3.8) is 0 Å². The Balaban J connectivity index is 5.06. The highest BCUT2D eigenvalue weighted by atomic mass is 16.6. The summed E-state index contributed by atoms with van der Waals surface area (Å²) < 4.78 is 5.20. The molecular formula is C16H29N3O4. The predicted molar refractivity (Wildman–Crippen MR) is 87.5 cm³/mol. The van der Waals surface area contributed by atoms with Gasteiger partial charge >= 0.3 is 6.09 Å². The maximum absolute atomic E-state index is 12.5. The van der Waals surface area contributed by atoms with E-state index in [4.69, 9.17) is 4.74 Å². The number of ether oxygens (including phenoxy) is 1. The smallest absolute Gasteiger partial charge is 0.408 e. The fourth-order valence-electron chi connectivity index (χ4n) is 1.78. The van der Waals surface area contributed by atoms with Crippen molar-refractivity contribution in [2.24, 2.45) is 16.8 Å². The third-order valence-corrected chi connectivity index (χ3v) is 3.28. The monoisotopic (exact) mass is 327 g/mol. The first-order chi connectivity index (χ1) is 10.5. The van der Waals surface area contributed by atoms with Gasteiger partial charge in [0.15, 0.2) is 0 Å². The van der Waals surface area contributed by atoms with Crippen LogP contribution in [0.4, 0.5) is 4.79 Å². The van der Waals surface area contributed by atoms with E-state index < -0.39 is 29.8 Å². The van der Waals surface area contributed by atoms with E-state index in [-0.39, 0.29) is 11.8 Å². The number of carbonyl (C=O) groups excluding carboxylic acids is 3. The molecule has 0 aromatic heterocycles. The van der Waals surface area contributed by atoms with Crippen molar-refractivity contribution in [3.05, 3.63) is 0 Å². The Morgan fingerprint density at radius 2 is 1.74 bits per heavy atom. The van der Waals surface area contributed by atoms with E-state index in [0.29, 0.717) is 6.42 Å². The summed E-state index contributed by atoms with van der Waals surface area (Å²) in [7, 11) is 0. The number of hydrogen-bond donors (Lipinski definition) is 2. The van der Waals surface area contributed by atoms with Crippen molar-refractivity contribution in [2.45, 2.75) is 72.7 Å². The number of aliphatic imine (C=N–C) groups is 1. The lowest BCUT2D eigenvalue weighted by molar-refractivity contribution is -0.125. The Hall–Kier alpha value is -1.88. The van der Waals surface area contributed by atoms with Crippen LogP contribution in [0.25, 0.3) is 0 Å². The molecule has 0 unspecified atom stereocenters. The Kier molecular flexibility index (Phi) is 8.54. The van der Waals surface area contributed by atoms with Gasteiger partial charge in [-0.15, -0.1) is 0 Å². The number of carbonyl (C=O) groups is 2. The van der Waals surface area contributed by atoms with Crippen LogP contribution in [0.15, 0.2) is 4.99 Å². The average molecular weight is 327 g/mol. The minimum Gasteiger partial charge on any atom is -0.444 e. The minimum atomic E-state index is -0.766. The number of amides is 2. The van der Waals surface area contributed by atoms with Crippen molar-refractivity contribution in [2.75, 3.05) is 0 Å². The van der Waals surface area contributed by atoms with Gasteiger partial charge in [-0.25, -0.2) is 9.59 Å². The van der Waals surface area contributed by atoms with Crippen LogP contribution in [-0.2, 0) is 14.3 Å². The fourth-order valence-corrected chi connectivity index (χ4v) is 1.78. The molecule has 0 bridgehead atoms. The van der Waals surface area contributed by atoms with Crippen LogP contribution in [0.1, 0.15) is 54.9 Å². The summed E-state index contributed by atoms with van der Waals surface area (Å²) in [5.74, 6) is -0.571. The standard InChI is InChI=1S/C16H29N3O4/c1-8-11(4)12(18-15(22)23-16(5,6)7)14(21)19-13(10(2)3)17-9-20/h10-13H,8H2,1-7H3,(H,18,22)(H,19,21)/t11-,12-,13-/m0/s1. The highest BCUT2D eigenvalue weighted by molar-refractivity contribution is 5.86. The number of alkyl carbamates (subject to hydrolysis) is 1. The first-order valence-electron chi connectivity index (χ1n) is 7.88. The van der Waals surface area contributed by atoms with Gasteiger partial charge in [0.2, 0.25) is 12.0 Å². The maximum atomic E-state index is 12.5. The molecular weight excluding hydrogens is 298 g/mol. The van der Waals surface area contributed by atoms with Crippen molar-refractivity contribution < 1.29 is 19.1 Å². The van der Waals surface area contributed by atoms with Crippen LogP contribution in [0.2, 0.25) is 0 Å². The molecule has 0 saturated carbocycles. The van der Waals surface area contributed by atoms with Gasteiger partial charge in [0.05, 0.1) is 0 Å². The number of rotatable bonds is 7. The molecule has 0 radical (unpaired) electrons. The molecule has 0 aromatic rings. The van der Waals surface area contributed by atoms with Gasteiger partial charge in [0, 0.05) is 0 Å². The molecule has 0 aliphatic heterocycles. The Bertz CT molecular complexity index is 451. The molecule has 2 N–H and O–H groups in total. The van der Waals surface area contributed by atoms with Gasteiger partial charge in [-0.1, -0.05) is 34.1 Å². The second-order valence-electron chi connectivity index (χ2n) is 6.93. The van der Waals surface area contributed by atoms with E-state index in [0.717, 1.165) is 0 Å². The Morgan fingerprint density at radius 3 is 2.13 bits per heavy atom. The SMILES string of the molecule is CC[C@H](C)[C@H](NC(=O)OC(C)(C)C)C(=O)N[C@H](N=C=O)C(C)C. The summed E-state index contributed by atoms with van der Waals surface area (Å²) >= 11 is 0. The van der Waals surface area contributed by atoms with Crippen molar-refractivity contribution in [1.82, 2.24) is 10.6 Å². The van der Waals surface area contributed by atoms with Crippen LogP contribution in [0.5, 0.6) is 0 Å². The van der Waals surface area contributed by atoms with Gasteiger partial charge in [0.25, 0.3) is 0 Å². The molecule has 2 amide bonds. The van der Waals surface area contributed by atoms with Gasteiger partial charge in [-0.2, -0.15) is 4.99 Å². The molecule has 0 rings (SSSR count).